The number of likely N-dealkylation sites (N-methyl/N-ethyl adjacent to an activating group) is 1. The SMILES string of the molecule is COc1cccnc1N(C)C(=O)C1CN(Cc2ccccc2)CCO1. The molecular formula is C19H23N3O3. The van der Waals surface area contributed by atoms with Gasteiger partial charge in [-0.1, -0.05) is 30.3 Å². The minimum absolute atomic E-state index is 0.116. The maximum atomic E-state index is 12.8. The van der Waals surface area contributed by atoms with Crippen LogP contribution in [0.1, 0.15) is 5.56 Å². The number of pyridine rings is 1. The lowest BCUT2D eigenvalue weighted by Gasteiger charge is -2.34. The van der Waals surface area contributed by atoms with Crippen LogP contribution in [0.4, 0.5) is 5.82 Å². The van der Waals surface area contributed by atoms with Crippen molar-refractivity contribution in [3.63, 3.8) is 0 Å². The van der Waals surface area contributed by atoms with Gasteiger partial charge < -0.3 is 9.47 Å². The summed E-state index contributed by atoms with van der Waals surface area (Å²) in [6.45, 7) is 2.73. The molecule has 2 heterocycles. The highest BCUT2D eigenvalue weighted by molar-refractivity contribution is 5.96. The lowest BCUT2D eigenvalue weighted by Crippen LogP contribution is -2.50. The summed E-state index contributed by atoms with van der Waals surface area (Å²) < 4.78 is 11.0. The molecule has 0 aliphatic carbocycles. The van der Waals surface area contributed by atoms with Crippen LogP contribution in [-0.2, 0) is 16.1 Å². The standard InChI is InChI=1S/C19H23N3O3/c1-21(18-16(24-2)9-6-10-20-18)19(23)17-14-22(11-12-25-17)13-15-7-4-3-5-8-15/h3-10,17H,11-14H2,1-2H3. The van der Waals surface area contributed by atoms with Gasteiger partial charge in [0.05, 0.1) is 13.7 Å². The second-order valence-corrected chi connectivity index (χ2v) is 6.01. The van der Waals surface area contributed by atoms with E-state index in [1.54, 1.807) is 32.5 Å². The number of aromatic nitrogens is 1. The van der Waals surface area contributed by atoms with Gasteiger partial charge in [0, 0.05) is 32.9 Å². The van der Waals surface area contributed by atoms with Crippen LogP contribution in [0.25, 0.3) is 0 Å². The van der Waals surface area contributed by atoms with Crippen LogP contribution < -0.4 is 9.64 Å². The minimum atomic E-state index is -0.505. The molecule has 1 aromatic carbocycles. The van der Waals surface area contributed by atoms with Gasteiger partial charge in [-0.3, -0.25) is 14.6 Å². The van der Waals surface area contributed by atoms with Gasteiger partial charge in [0.25, 0.3) is 5.91 Å². The molecule has 0 radical (unpaired) electrons. The van der Waals surface area contributed by atoms with Gasteiger partial charge in [-0.2, -0.15) is 0 Å². The first-order chi connectivity index (χ1) is 12.2. The lowest BCUT2D eigenvalue weighted by molar-refractivity contribution is -0.135. The largest absolute Gasteiger partial charge is 0.493 e. The quantitative estimate of drug-likeness (QED) is 0.832. The molecule has 2 aromatic rings. The topological polar surface area (TPSA) is 54.9 Å². The summed E-state index contributed by atoms with van der Waals surface area (Å²) >= 11 is 0. The smallest absolute Gasteiger partial charge is 0.258 e. The van der Waals surface area contributed by atoms with Crippen molar-refractivity contribution in [2.75, 3.05) is 38.8 Å². The number of nitrogens with zero attached hydrogens (tertiary/aromatic N) is 3. The second kappa shape index (κ2) is 8.09. The third kappa shape index (κ3) is 4.15. The fourth-order valence-corrected chi connectivity index (χ4v) is 2.95. The minimum Gasteiger partial charge on any atom is -0.493 e. The summed E-state index contributed by atoms with van der Waals surface area (Å²) in [4.78, 5) is 20.9. The molecule has 1 unspecified atom stereocenters. The monoisotopic (exact) mass is 341 g/mol. The number of rotatable bonds is 5. The van der Waals surface area contributed by atoms with E-state index in [-0.39, 0.29) is 5.91 Å². The predicted octanol–water partition coefficient (Wildman–Crippen LogP) is 1.95. The van der Waals surface area contributed by atoms with Crippen molar-refractivity contribution in [1.29, 1.82) is 0 Å². The summed E-state index contributed by atoms with van der Waals surface area (Å²) in [6, 6.07) is 13.8. The van der Waals surface area contributed by atoms with E-state index >= 15 is 0 Å². The number of hydrogen-bond donors (Lipinski definition) is 0. The van der Waals surface area contributed by atoms with Crippen molar-refractivity contribution in [3.8, 4) is 5.75 Å². The number of carbonyl (C=O) groups is 1. The number of ether oxygens (including phenoxy) is 2. The number of anilines is 1. The number of amides is 1. The third-order valence-electron chi connectivity index (χ3n) is 4.29. The number of hydrogen-bond acceptors (Lipinski definition) is 5. The molecule has 0 saturated carbocycles. The maximum absolute atomic E-state index is 12.8. The Bertz CT molecular complexity index is 708. The highest BCUT2D eigenvalue weighted by Crippen LogP contribution is 2.25. The van der Waals surface area contributed by atoms with Crippen LogP contribution in [0.5, 0.6) is 5.75 Å². The van der Waals surface area contributed by atoms with E-state index in [2.05, 4.69) is 22.0 Å². The molecular weight excluding hydrogens is 318 g/mol. The molecule has 132 valence electrons. The maximum Gasteiger partial charge on any atom is 0.258 e. The van der Waals surface area contributed by atoms with Crippen LogP contribution >= 0.6 is 0 Å². The fraction of sp³-hybridized carbons (Fsp3) is 0.368. The van der Waals surface area contributed by atoms with E-state index in [9.17, 15) is 4.79 Å². The highest BCUT2D eigenvalue weighted by Gasteiger charge is 2.30. The first-order valence-electron chi connectivity index (χ1n) is 8.33. The molecule has 1 aliphatic heterocycles. The Balaban J connectivity index is 1.67. The van der Waals surface area contributed by atoms with E-state index in [1.165, 1.54) is 10.5 Å². The molecule has 1 amide bonds. The molecule has 1 fully saturated rings. The van der Waals surface area contributed by atoms with Gasteiger partial charge in [-0.05, 0) is 17.7 Å². The first-order valence-corrected chi connectivity index (χ1v) is 8.33. The average Bonchev–Trinajstić information content (AvgIpc) is 2.68. The van der Waals surface area contributed by atoms with Crippen molar-refractivity contribution in [1.82, 2.24) is 9.88 Å². The Morgan fingerprint density at radius 2 is 2.12 bits per heavy atom. The summed E-state index contributed by atoms with van der Waals surface area (Å²) in [7, 11) is 3.27. The Labute approximate surface area is 148 Å². The molecule has 1 aromatic heterocycles. The molecule has 3 rings (SSSR count). The molecule has 6 heteroatoms. The van der Waals surface area contributed by atoms with Crippen LogP contribution in [-0.4, -0.2) is 55.7 Å². The van der Waals surface area contributed by atoms with Gasteiger partial charge in [-0.25, -0.2) is 4.98 Å². The van der Waals surface area contributed by atoms with Crippen molar-refractivity contribution >= 4 is 11.7 Å². The zero-order valence-electron chi connectivity index (χ0n) is 14.6. The summed E-state index contributed by atoms with van der Waals surface area (Å²) in [6.07, 6.45) is 1.14. The van der Waals surface area contributed by atoms with Crippen molar-refractivity contribution in [3.05, 3.63) is 54.2 Å². The van der Waals surface area contributed by atoms with Gasteiger partial charge >= 0.3 is 0 Å². The Morgan fingerprint density at radius 1 is 1.32 bits per heavy atom. The van der Waals surface area contributed by atoms with Gasteiger partial charge in [0.1, 0.15) is 6.10 Å². The zero-order chi connectivity index (χ0) is 17.6. The van der Waals surface area contributed by atoms with Crippen LogP contribution in [0.3, 0.4) is 0 Å². The lowest BCUT2D eigenvalue weighted by atomic mass is 10.2. The molecule has 1 aliphatic rings. The fourth-order valence-electron chi connectivity index (χ4n) is 2.95. The predicted molar refractivity (Wildman–Crippen MR) is 95.7 cm³/mol. The summed E-state index contributed by atoms with van der Waals surface area (Å²) in [5.74, 6) is 0.948. The molecule has 1 atom stereocenters. The van der Waals surface area contributed by atoms with Crippen molar-refractivity contribution < 1.29 is 14.3 Å². The normalized spacial score (nSPS) is 17.9. The molecule has 1 saturated heterocycles. The van der Waals surface area contributed by atoms with E-state index in [4.69, 9.17) is 9.47 Å². The van der Waals surface area contributed by atoms with Crippen molar-refractivity contribution in [2.45, 2.75) is 12.6 Å². The van der Waals surface area contributed by atoms with Gasteiger partial charge in [0.15, 0.2) is 11.6 Å². The third-order valence-corrected chi connectivity index (χ3v) is 4.29. The van der Waals surface area contributed by atoms with Crippen LogP contribution in [0.15, 0.2) is 48.7 Å². The summed E-state index contributed by atoms with van der Waals surface area (Å²) in [5, 5.41) is 0. The van der Waals surface area contributed by atoms with E-state index in [0.717, 1.165) is 13.1 Å². The van der Waals surface area contributed by atoms with E-state index in [0.29, 0.717) is 24.7 Å². The Hall–Kier alpha value is -2.44. The summed E-state index contributed by atoms with van der Waals surface area (Å²) in [5.41, 5.74) is 1.23. The highest BCUT2D eigenvalue weighted by atomic mass is 16.5. The van der Waals surface area contributed by atoms with Gasteiger partial charge in [0.2, 0.25) is 0 Å². The van der Waals surface area contributed by atoms with Crippen LogP contribution in [0, 0.1) is 0 Å². The van der Waals surface area contributed by atoms with Gasteiger partial charge in [-0.15, -0.1) is 0 Å². The number of carbonyl (C=O) groups excluding carboxylic acids is 1. The molecule has 0 bridgehead atoms. The Morgan fingerprint density at radius 3 is 2.88 bits per heavy atom. The molecule has 25 heavy (non-hydrogen) atoms. The van der Waals surface area contributed by atoms with E-state index < -0.39 is 6.10 Å². The van der Waals surface area contributed by atoms with E-state index in [1.807, 2.05) is 18.2 Å². The number of morpholine rings is 1. The Kier molecular flexibility index (Phi) is 5.63. The second-order valence-electron chi connectivity index (χ2n) is 6.01. The average molecular weight is 341 g/mol. The number of methoxy groups -OCH3 is 1. The molecule has 0 N–H and O–H groups in total. The molecule has 0 spiro atoms. The first kappa shape index (κ1) is 17.4. The zero-order valence-corrected chi connectivity index (χ0v) is 14.6. The molecule has 6 nitrogen and oxygen atoms in total. The van der Waals surface area contributed by atoms with Crippen LogP contribution in [0.2, 0.25) is 0 Å². The number of benzene rings is 1. The van der Waals surface area contributed by atoms with Crippen molar-refractivity contribution in [2.24, 2.45) is 0 Å².